The van der Waals surface area contributed by atoms with Crippen molar-refractivity contribution in [2.75, 3.05) is 20.1 Å². The lowest BCUT2D eigenvalue weighted by atomic mass is 9.99. The summed E-state index contributed by atoms with van der Waals surface area (Å²) in [5.74, 6) is 1.38. The van der Waals surface area contributed by atoms with E-state index in [1.54, 1.807) is 12.1 Å². The van der Waals surface area contributed by atoms with Crippen molar-refractivity contribution in [3.8, 4) is 11.5 Å². The van der Waals surface area contributed by atoms with Crippen molar-refractivity contribution in [3.05, 3.63) is 130 Å². The number of nitrogens with zero attached hydrogens (tertiary/aromatic N) is 2. The van der Waals surface area contributed by atoms with Gasteiger partial charge in [-0.2, -0.15) is 0 Å². The Morgan fingerprint density at radius 3 is 2.23 bits per heavy atom. The van der Waals surface area contributed by atoms with Crippen LogP contribution < -0.4 is 4.74 Å². The minimum atomic E-state index is -1.15. The van der Waals surface area contributed by atoms with Gasteiger partial charge in [0.25, 0.3) is 0 Å². The number of aliphatic hydroxyl groups is 1. The summed E-state index contributed by atoms with van der Waals surface area (Å²) >= 11 is 3.45. The first-order chi connectivity index (χ1) is 19.4. The normalized spacial score (nSPS) is 16.2. The average Bonchev–Trinajstić information content (AvgIpc) is 3.41. The summed E-state index contributed by atoms with van der Waals surface area (Å²) in [6.45, 7) is 3.84. The summed E-state index contributed by atoms with van der Waals surface area (Å²) in [7, 11) is 2.16. The van der Waals surface area contributed by atoms with E-state index in [0.717, 1.165) is 47.7 Å². The monoisotopic (exact) mass is 598 g/mol. The highest BCUT2D eigenvalue weighted by Crippen LogP contribution is 2.26. The summed E-state index contributed by atoms with van der Waals surface area (Å²) in [5, 5.41) is 10.6. The van der Waals surface area contributed by atoms with E-state index in [9.17, 15) is 9.90 Å². The van der Waals surface area contributed by atoms with E-state index in [1.807, 2.05) is 78.9 Å². The van der Waals surface area contributed by atoms with E-state index < -0.39 is 6.10 Å². The lowest BCUT2D eigenvalue weighted by Gasteiger charge is -2.29. The van der Waals surface area contributed by atoms with E-state index >= 15 is 0 Å². The van der Waals surface area contributed by atoms with Crippen LogP contribution in [0, 0.1) is 0 Å². The van der Waals surface area contributed by atoms with Gasteiger partial charge in [-0.15, -0.1) is 0 Å². The maximum absolute atomic E-state index is 12.6. The number of hydrogen-bond donors (Lipinski definition) is 1. The Morgan fingerprint density at radius 1 is 0.925 bits per heavy atom. The van der Waals surface area contributed by atoms with E-state index in [2.05, 4.69) is 44.9 Å². The third kappa shape index (κ3) is 7.46. The Balaban J connectivity index is 1.12. The molecule has 5 rings (SSSR count). The molecule has 0 aliphatic carbocycles. The van der Waals surface area contributed by atoms with E-state index in [1.165, 1.54) is 18.4 Å². The van der Waals surface area contributed by atoms with Crippen LogP contribution >= 0.6 is 15.9 Å². The Kier molecular flexibility index (Phi) is 9.45. The lowest BCUT2D eigenvalue weighted by Crippen LogP contribution is -2.38. The molecule has 1 N–H and O–H groups in total. The van der Waals surface area contributed by atoms with E-state index in [4.69, 9.17) is 4.74 Å². The van der Waals surface area contributed by atoms with E-state index in [0.29, 0.717) is 17.2 Å². The van der Waals surface area contributed by atoms with Gasteiger partial charge in [0.15, 0.2) is 5.78 Å². The molecule has 6 heteroatoms. The lowest BCUT2D eigenvalue weighted by molar-refractivity contribution is 0.0747. The molecule has 40 heavy (non-hydrogen) atoms. The first-order valence-electron chi connectivity index (χ1n) is 13.8. The van der Waals surface area contributed by atoms with Crippen LogP contribution in [-0.2, 0) is 13.1 Å². The SMILES string of the molecule is CN(Cc1ccc(C(O)C(=O)c2ccccc2)cc1)C[C@H]1CCCN1Cc1ccc(Oc2ccc(Br)cc2)cc1. The number of ketones is 1. The van der Waals surface area contributed by atoms with Gasteiger partial charge in [-0.05, 0) is 79.5 Å². The Morgan fingerprint density at radius 2 is 1.55 bits per heavy atom. The minimum absolute atomic E-state index is 0.279. The zero-order valence-corrected chi connectivity index (χ0v) is 24.3. The molecule has 4 aromatic rings. The van der Waals surface area contributed by atoms with Crippen molar-refractivity contribution in [1.82, 2.24) is 9.80 Å². The fraction of sp³-hybridized carbons (Fsp3) is 0.265. The largest absolute Gasteiger partial charge is 0.457 e. The van der Waals surface area contributed by atoms with Crippen molar-refractivity contribution in [2.45, 2.75) is 38.1 Å². The number of likely N-dealkylation sites (tertiary alicyclic amines) is 1. The maximum atomic E-state index is 12.6. The van der Waals surface area contributed by atoms with Crippen molar-refractivity contribution < 1.29 is 14.6 Å². The average molecular weight is 600 g/mol. The highest BCUT2D eigenvalue weighted by molar-refractivity contribution is 9.10. The number of hydrogen-bond acceptors (Lipinski definition) is 5. The molecule has 4 aromatic carbocycles. The summed E-state index contributed by atoms with van der Waals surface area (Å²) < 4.78 is 7.00. The molecular weight excluding hydrogens is 564 g/mol. The van der Waals surface area contributed by atoms with Crippen LogP contribution in [0.15, 0.2) is 108 Å². The fourth-order valence-electron chi connectivity index (χ4n) is 5.30. The number of benzene rings is 4. The van der Waals surface area contributed by atoms with Gasteiger partial charge in [0.05, 0.1) is 0 Å². The maximum Gasteiger partial charge on any atom is 0.195 e. The second-order valence-corrected chi connectivity index (χ2v) is 11.5. The van der Waals surface area contributed by atoms with Gasteiger partial charge < -0.3 is 14.7 Å². The van der Waals surface area contributed by atoms with Crippen LogP contribution in [0.3, 0.4) is 0 Å². The first-order valence-corrected chi connectivity index (χ1v) is 14.5. The molecule has 206 valence electrons. The van der Waals surface area contributed by atoms with Gasteiger partial charge >= 0.3 is 0 Å². The number of ether oxygens (including phenoxy) is 1. The molecule has 0 radical (unpaired) electrons. The Labute approximate surface area is 245 Å². The van der Waals surface area contributed by atoms with Crippen LogP contribution in [0.1, 0.15) is 46.0 Å². The van der Waals surface area contributed by atoms with Gasteiger partial charge in [-0.1, -0.05) is 82.7 Å². The predicted octanol–water partition coefficient (Wildman–Crippen LogP) is 7.25. The predicted molar refractivity (Wildman–Crippen MR) is 163 cm³/mol. The molecule has 1 aliphatic rings. The molecule has 5 nitrogen and oxygen atoms in total. The molecular formula is C34H35BrN2O3. The van der Waals surface area contributed by atoms with Crippen LogP contribution in [-0.4, -0.2) is 46.9 Å². The zero-order chi connectivity index (χ0) is 27.9. The van der Waals surface area contributed by atoms with Gasteiger partial charge in [-0.3, -0.25) is 9.69 Å². The summed E-state index contributed by atoms with van der Waals surface area (Å²) in [6.07, 6.45) is 1.26. The second kappa shape index (κ2) is 13.4. The van der Waals surface area contributed by atoms with Gasteiger partial charge in [0.2, 0.25) is 0 Å². The molecule has 1 heterocycles. The van der Waals surface area contributed by atoms with Crippen molar-refractivity contribution in [2.24, 2.45) is 0 Å². The second-order valence-electron chi connectivity index (χ2n) is 10.5. The number of carbonyl (C=O) groups excluding carboxylic acids is 1. The molecule has 1 aliphatic heterocycles. The molecule has 1 saturated heterocycles. The number of carbonyl (C=O) groups is 1. The van der Waals surface area contributed by atoms with E-state index in [-0.39, 0.29) is 5.78 Å². The highest BCUT2D eigenvalue weighted by atomic mass is 79.9. The standard InChI is InChI=1S/C34H35BrN2O3/c1-36(22-25-9-13-28(14-10-25)34(39)33(38)27-6-3-2-4-7-27)24-30-8-5-21-37(30)23-26-11-17-31(18-12-26)40-32-19-15-29(35)16-20-32/h2-4,6-7,9-20,30,34,39H,5,8,21-24H2,1H3/t30-,34?/m1/s1. The van der Waals surface area contributed by atoms with Crippen LogP contribution in [0.5, 0.6) is 11.5 Å². The Hall–Kier alpha value is -3.29. The number of Topliss-reactive ketones (excluding diaryl/α,β-unsaturated/α-hetero) is 1. The summed E-state index contributed by atoms with van der Waals surface area (Å²) in [4.78, 5) is 17.5. The summed E-state index contributed by atoms with van der Waals surface area (Å²) in [5.41, 5.74) is 3.59. The fourth-order valence-corrected chi connectivity index (χ4v) is 5.56. The van der Waals surface area contributed by atoms with Gasteiger partial charge in [-0.25, -0.2) is 0 Å². The quantitative estimate of drug-likeness (QED) is 0.184. The first kappa shape index (κ1) is 28.2. The third-order valence-electron chi connectivity index (χ3n) is 7.43. The topological polar surface area (TPSA) is 53.0 Å². The van der Waals surface area contributed by atoms with Crippen LogP contribution in [0.2, 0.25) is 0 Å². The third-order valence-corrected chi connectivity index (χ3v) is 7.96. The van der Waals surface area contributed by atoms with Crippen molar-refractivity contribution in [3.63, 3.8) is 0 Å². The molecule has 2 atom stereocenters. The van der Waals surface area contributed by atoms with Crippen molar-refractivity contribution in [1.29, 1.82) is 0 Å². The molecule has 1 fully saturated rings. The molecule has 1 unspecified atom stereocenters. The highest BCUT2D eigenvalue weighted by Gasteiger charge is 2.26. The number of likely N-dealkylation sites (N-methyl/N-ethyl adjacent to an activating group) is 1. The van der Waals surface area contributed by atoms with Crippen LogP contribution in [0.4, 0.5) is 0 Å². The zero-order valence-electron chi connectivity index (χ0n) is 22.7. The van der Waals surface area contributed by atoms with Gasteiger partial charge in [0.1, 0.15) is 17.6 Å². The molecule has 0 bridgehead atoms. The number of halogens is 1. The van der Waals surface area contributed by atoms with Crippen molar-refractivity contribution >= 4 is 21.7 Å². The molecule has 0 amide bonds. The molecule has 0 saturated carbocycles. The van der Waals surface area contributed by atoms with Crippen LogP contribution in [0.25, 0.3) is 0 Å². The molecule has 0 aromatic heterocycles. The smallest absolute Gasteiger partial charge is 0.195 e. The summed E-state index contributed by atoms with van der Waals surface area (Å²) in [6, 6.07) is 33.5. The minimum Gasteiger partial charge on any atom is -0.457 e. The Bertz CT molecular complexity index is 1380. The van der Waals surface area contributed by atoms with Gasteiger partial charge in [0, 0.05) is 35.7 Å². The number of aliphatic hydroxyl groups excluding tert-OH is 1. The number of rotatable bonds is 11. The molecule has 0 spiro atoms.